The lowest BCUT2D eigenvalue weighted by Crippen LogP contribution is -2.14. The zero-order valence-corrected chi connectivity index (χ0v) is 18.7. The van der Waals surface area contributed by atoms with Crippen molar-refractivity contribution in [2.75, 3.05) is 11.1 Å². The first-order valence-corrected chi connectivity index (χ1v) is 11.3. The van der Waals surface area contributed by atoms with E-state index in [-0.39, 0.29) is 11.7 Å². The van der Waals surface area contributed by atoms with Gasteiger partial charge in [-0.25, -0.2) is 4.98 Å². The number of rotatable bonds is 5. The Bertz CT molecular complexity index is 1430. The van der Waals surface area contributed by atoms with Crippen LogP contribution in [0.1, 0.15) is 5.56 Å². The van der Waals surface area contributed by atoms with Crippen LogP contribution < -0.4 is 5.32 Å². The highest BCUT2D eigenvalue weighted by molar-refractivity contribution is 8.00. The van der Waals surface area contributed by atoms with Crippen LogP contribution >= 0.6 is 23.4 Å². The normalized spacial score (nSPS) is 11.2. The van der Waals surface area contributed by atoms with Gasteiger partial charge in [-0.2, -0.15) is 0 Å². The molecule has 0 atom stereocenters. The Labute approximate surface area is 193 Å². The number of aryl methyl sites for hydroxylation is 1. The first-order valence-electron chi connectivity index (χ1n) is 9.97. The number of carbonyl (C=O) groups excluding carboxylic acids is 1. The second kappa shape index (κ2) is 8.61. The van der Waals surface area contributed by atoms with Crippen LogP contribution in [0.25, 0.3) is 28.1 Å². The van der Waals surface area contributed by atoms with Crippen LogP contribution in [0.5, 0.6) is 0 Å². The fraction of sp³-hybridized carbons (Fsp3) is 0.0833. The molecule has 5 rings (SSSR count). The molecular formula is C24H18ClN5OS. The fourth-order valence-electron chi connectivity index (χ4n) is 3.41. The van der Waals surface area contributed by atoms with Crippen LogP contribution in [0, 0.1) is 6.92 Å². The Balaban J connectivity index is 1.49. The van der Waals surface area contributed by atoms with Gasteiger partial charge in [-0.3, -0.25) is 9.20 Å². The average Bonchev–Trinajstić information content (AvgIpc) is 3.25. The van der Waals surface area contributed by atoms with Gasteiger partial charge >= 0.3 is 0 Å². The molecule has 0 aliphatic carbocycles. The first kappa shape index (κ1) is 20.5. The molecule has 0 unspecified atom stereocenters. The van der Waals surface area contributed by atoms with Crippen molar-refractivity contribution >= 4 is 51.6 Å². The minimum absolute atomic E-state index is 0.135. The van der Waals surface area contributed by atoms with Crippen molar-refractivity contribution < 1.29 is 4.79 Å². The van der Waals surface area contributed by atoms with Gasteiger partial charge in [0, 0.05) is 16.3 Å². The lowest BCUT2D eigenvalue weighted by Gasteiger charge is -2.09. The number of hydrogen-bond donors (Lipinski definition) is 1. The minimum atomic E-state index is -0.135. The Morgan fingerprint density at radius 1 is 1.00 bits per heavy atom. The molecule has 0 saturated carbocycles. The van der Waals surface area contributed by atoms with E-state index in [4.69, 9.17) is 16.6 Å². The number of fused-ring (bicyclic) bond motifs is 3. The van der Waals surface area contributed by atoms with E-state index < -0.39 is 0 Å². The molecule has 0 radical (unpaired) electrons. The Morgan fingerprint density at radius 2 is 1.75 bits per heavy atom. The van der Waals surface area contributed by atoms with Gasteiger partial charge < -0.3 is 5.32 Å². The highest BCUT2D eigenvalue weighted by Gasteiger charge is 2.17. The highest BCUT2D eigenvalue weighted by Crippen LogP contribution is 2.29. The van der Waals surface area contributed by atoms with E-state index in [1.54, 1.807) is 24.3 Å². The molecule has 8 heteroatoms. The molecule has 0 bridgehead atoms. The van der Waals surface area contributed by atoms with E-state index in [9.17, 15) is 4.79 Å². The van der Waals surface area contributed by atoms with Gasteiger partial charge in [0.05, 0.1) is 16.8 Å². The zero-order valence-electron chi connectivity index (χ0n) is 17.1. The summed E-state index contributed by atoms with van der Waals surface area (Å²) in [6.07, 6.45) is 0. The van der Waals surface area contributed by atoms with Crippen LogP contribution in [-0.2, 0) is 4.79 Å². The number of halogens is 1. The predicted molar refractivity (Wildman–Crippen MR) is 129 cm³/mol. The number of nitrogens with zero attached hydrogens (tertiary/aromatic N) is 4. The van der Waals surface area contributed by atoms with Crippen molar-refractivity contribution in [3.05, 3.63) is 83.4 Å². The van der Waals surface area contributed by atoms with Crippen LogP contribution in [-0.4, -0.2) is 31.2 Å². The number of aromatic nitrogens is 4. The van der Waals surface area contributed by atoms with Crippen LogP contribution in [0.2, 0.25) is 5.02 Å². The molecule has 0 saturated heterocycles. The van der Waals surface area contributed by atoms with Crippen LogP contribution in [0.4, 0.5) is 5.69 Å². The van der Waals surface area contributed by atoms with Crippen molar-refractivity contribution in [3.8, 4) is 11.4 Å². The maximum absolute atomic E-state index is 12.5. The van der Waals surface area contributed by atoms with Gasteiger partial charge in [-0.05, 0) is 43.3 Å². The monoisotopic (exact) mass is 459 g/mol. The van der Waals surface area contributed by atoms with Crippen molar-refractivity contribution in [1.82, 2.24) is 19.6 Å². The lowest BCUT2D eigenvalue weighted by atomic mass is 10.1. The number of carbonyl (C=O) groups is 1. The molecular weight excluding hydrogens is 442 g/mol. The van der Waals surface area contributed by atoms with E-state index in [0.717, 1.165) is 22.4 Å². The molecule has 2 aromatic heterocycles. The molecule has 0 aliphatic rings. The number of thioether (sulfide) groups is 1. The van der Waals surface area contributed by atoms with Crippen molar-refractivity contribution in [1.29, 1.82) is 0 Å². The van der Waals surface area contributed by atoms with Gasteiger partial charge in [0.2, 0.25) is 5.91 Å². The number of anilines is 1. The maximum Gasteiger partial charge on any atom is 0.234 e. The number of nitrogens with one attached hydrogen (secondary N) is 1. The Morgan fingerprint density at radius 3 is 2.53 bits per heavy atom. The largest absolute Gasteiger partial charge is 0.325 e. The third kappa shape index (κ3) is 4.04. The summed E-state index contributed by atoms with van der Waals surface area (Å²) in [6, 6.07) is 23.0. The van der Waals surface area contributed by atoms with E-state index in [2.05, 4.69) is 34.6 Å². The zero-order chi connectivity index (χ0) is 22.1. The van der Waals surface area contributed by atoms with Gasteiger partial charge in [-0.15, -0.1) is 10.2 Å². The summed E-state index contributed by atoms with van der Waals surface area (Å²) in [5, 5.41) is 13.0. The molecule has 5 aromatic rings. The topological polar surface area (TPSA) is 72.2 Å². The minimum Gasteiger partial charge on any atom is -0.325 e. The van der Waals surface area contributed by atoms with Crippen molar-refractivity contribution in [3.63, 3.8) is 0 Å². The summed E-state index contributed by atoms with van der Waals surface area (Å²) in [7, 11) is 0. The quantitative estimate of drug-likeness (QED) is 0.344. The standard InChI is InChI=1S/C24H18ClN5OS/c1-15-6-8-16(9-7-15)22-28-29-23-24(27-19-4-2-3-5-20(19)30(22)23)32-14-21(31)26-18-12-10-17(25)11-13-18/h2-13H,14H2,1H3,(H,26,31). The fourth-order valence-corrected chi connectivity index (χ4v) is 4.30. The summed E-state index contributed by atoms with van der Waals surface area (Å²) in [4.78, 5) is 17.3. The third-order valence-electron chi connectivity index (χ3n) is 4.98. The molecule has 0 fully saturated rings. The molecule has 32 heavy (non-hydrogen) atoms. The second-order valence-corrected chi connectivity index (χ2v) is 8.70. The van der Waals surface area contributed by atoms with E-state index >= 15 is 0 Å². The van der Waals surface area contributed by atoms with Crippen molar-refractivity contribution in [2.24, 2.45) is 0 Å². The number of benzene rings is 3. The van der Waals surface area contributed by atoms with E-state index in [1.165, 1.54) is 17.3 Å². The average molecular weight is 460 g/mol. The molecule has 1 amide bonds. The SMILES string of the molecule is Cc1ccc(-c2nnc3c(SCC(=O)Nc4ccc(Cl)cc4)nc4ccccc4n23)cc1. The predicted octanol–water partition coefficient (Wildman–Crippen LogP) is 5.64. The number of amides is 1. The Hall–Kier alpha value is -3.42. The summed E-state index contributed by atoms with van der Waals surface area (Å²) in [6.45, 7) is 2.05. The van der Waals surface area contributed by atoms with E-state index in [0.29, 0.717) is 21.4 Å². The molecule has 6 nitrogen and oxygen atoms in total. The summed E-state index contributed by atoms with van der Waals surface area (Å²) >= 11 is 7.24. The lowest BCUT2D eigenvalue weighted by molar-refractivity contribution is -0.113. The third-order valence-corrected chi connectivity index (χ3v) is 6.18. The summed E-state index contributed by atoms with van der Waals surface area (Å²) in [5.74, 6) is 0.797. The van der Waals surface area contributed by atoms with Gasteiger partial charge in [-0.1, -0.05) is 65.3 Å². The molecule has 158 valence electrons. The van der Waals surface area contributed by atoms with Gasteiger partial charge in [0.15, 0.2) is 11.5 Å². The summed E-state index contributed by atoms with van der Waals surface area (Å²) in [5.41, 5.74) is 5.20. The van der Waals surface area contributed by atoms with Crippen LogP contribution in [0.3, 0.4) is 0 Å². The molecule has 0 spiro atoms. The Kier molecular flexibility index (Phi) is 5.51. The van der Waals surface area contributed by atoms with E-state index in [1.807, 2.05) is 40.8 Å². The molecule has 2 heterocycles. The molecule has 1 N–H and O–H groups in total. The smallest absolute Gasteiger partial charge is 0.234 e. The van der Waals surface area contributed by atoms with Crippen molar-refractivity contribution in [2.45, 2.75) is 11.9 Å². The first-order chi connectivity index (χ1) is 15.6. The molecule has 0 aliphatic heterocycles. The number of para-hydroxylation sites is 2. The van der Waals surface area contributed by atoms with Gasteiger partial charge in [0.1, 0.15) is 5.03 Å². The summed E-state index contributed by atoms with van der Waals surface area (Å²) < 4.78 is 2.01. The maximum atomic E-state index is 12.5. The molecule has 3 aromatic carbocycles. The van der Waals surface area contributed by atoms with Gasteiger partial charge in [0.25, 0.3) is 0 Å². The highest BCUT2D eigenvalue weighted by atomic mass is 35.5. The van der Waals surface area contributed by atoms with Crippen LogP contribution in [0.15, 0.2) is 77.8 Å². The number of hydrogen-bond acceptors (Lipinski definition) is 5. The second-order valence-electron chi connectivity index (χ2n) is 7.30.